The molecule has 2 atom stereocenters. The summed E-state index contributed by atoms with van der Waals surface area (Å²) in [5.74, 6) is 0.238. The van der Waals surface area contributed by atoms with Crippen molar-refractivity contribution in [2.45, 2.75) is 18.9 Å². The zero-order valence-electron chi connectivity index (χ0n) is 11.0. The molecule has 2 unspecified atom stereocenters. The summed E-state index contributed by atoms with van der Waals surface area (Å²) >= 11 is 0. The number of fused-ring (bicyclic) bond motifs is 1. The smallest absolute Gasteiger partial charge is 0.228 e. The normalized spacial score (nSPS) is 26.3. The number of carbonyl (C=O) groups excluding carboxylic acids is 1. The summed E-state index contributed by atoms with van der Waals surface area (Å²) in [6.45, 7) is 2.52. The second kappa shape index (κ2) is 5.31. The molecule has 1 saturated heterocycles. The van der Waals surface area contributed by atoms with Gasteiger partial charge in [-0.1, -0.05) is 24.3 Å². The average molecular weight is 260 g/mol. The fourth-order valence-corrected chi connectivity index (χ4v) is 3.13. The minimum atomic E-state index is 0.0260. The molecular formula is C15H20N2O2. The van der Waals surface area contributed by atoms with E-state index in [0.29, 0.717) is 19.8 Å². The Hall–Kier alpha value is -1.39. The Bertz CT molecular complexity index is 469. The lowest BCUT2D eigenvalue weighted by atomic mass is 9.91. The van der Waals surface area contributed by atoms with Crippen molar-refractivity contribution >= 4 is 5.91 Å². The number of nitrogens with two attached hydrogens (primary N) is 1. The van der Waals surface area contributed by atoms with Crippen molar-refractivity contribution in [1.29, 1.82) is 0 Å². The number of ether oxygens (including phenoxy) is 1. The lowest BCUT2D eigenvalue weighted by Crippen LogP contribution is -2.45. The molecule has 4 nitrogen and oxygen atoms in total. The van der Waals surface area contributed by atoms with E-state index in [1.165, 1.54) is 11.1 Å². The molecule has 102 valence electrons. The maximum Gasteiger partial charge on any atom is 0.228 e. The van der Waals surface area contributed by atoms with E-state index >= 15 is 0 Å². The Balaban J connectivity index is 1.85. The fraction of sp³-hybridized carbons (Fsp3) is 0.533. The van der Waals surface area contributed by atoms with Gasteiger partial charge < -0.3 is 15.4 Å². The molecule has 1 amide bonds. The largest absolute Gasteiger partial charge is 0.381 e. The van der Waals surface area contributed by atoms with Crippen LogP contribution < -0.4 is 5.73 Å². The molecule has 0 aliphatic carbocycles. The number of amides is 1. The Morgan fingerprint density at radius 3 is 3.00 bits per heavy atom. The van der Waals surface area contributed by atoms with Gasteiger partial charge in [0.2, 0.25) is 5.91 Å². The molecule has 0 aromatic heterocycles. The minimum absolute atomic E-state index is 0.0260. The van der Waals surface area contributed by atoms with Gasteiger partial charge in [-0.05, 0) is 24.0 Å². The molecule has 4 heteroatoms. The number of hydrogen-bond acceptors (Lipinski definition) is 3. The predicted octanol–water partition coefficient (Wildman–Crippen LogP) is 1.11. The summed E-state index contributed by atoms with van der Waals surface area (Å²) in [6, 6.07) is 8.33. The second-order valence-electron chi connectivity index (χ2n) is 5.29. The first-order chi connectivity index (χ1) is 9.31. The van der Waals surface area contributed by atoms with Crippen LogP contribution in [0, 0.1) is 5.92 Å². The standard InChI is InChI=1S/C15H20N2O2/c16-9-14-13-4-2-1-3-11(13)5-7-17(14)15(18)12-6-8-19-10-12/h1-4,12,14H,5-10,16H2. The SMILES string of the molecule is NCC1c2ccccc2CCN1C(=O)C1CCOC1. The highest BCUT2D eigenvalue weighted by Gasteiger charge is 2.34. The molecule has 2 N–H and O–H groups in total. The number of hydrogen-bond donors (Lipinski definition) is 1. The first kappa shape index (κ1) is 12.6. The van der Waals surface area contributed by atoms with Crippen LogP contribution in [-0.4, -0.2) is 37.1 Å². The van der Waals surface area contributed by atoms with Crippen molar-refractivity contribution in [1.82, 2.24) is 4.90 Å². The highest BCUT2D eigenvalue weighted by Crippen LogP contribution is 2.31. The molecule has 0 saturated carbocycles. The number of nitrogens with zero attached hydrogens (tertiary/aromatic N) is 1. The molecule has 2 aliphatic heterocycles. The fourth-order valence-electron chi connectivity index (χ4n) is 3.13. The van der Waals surface area contributed by atoms with E-state index in [1.54, 1.807) is 0 Å². The van der Waals surface area contributed by atoms with E-state index in [0.717, 1.165) is 19.4 Å². The lowest BCUT2D eigenvalue weighted by Gasteiger charge is -2.38. The first-order valence-electron chi connectivity index (χ1n) is 6.97. The zero-order chi connectivity index (χ0) is 13.2. The van der Waals surface area contributed by atoms with Gasteiger partial charge in [0.15, 0.2) is 0 Å². The molecule has 2 heterocycles. The lowest BCUT2D eigenvalue weighted by molar-refractivity contribution is -0.138. The van der Waals surface area contributed by atoms with E-state index < -0.39 is 0 Å². The Morgan fingerprint density at radius 1 is 1.42 bits per heavy atom. The molecule has 1 aromatic carbocycles. The van der Waals surface area contributed by atoms with E-state index in [-0.39, 0.29) is 17.9 Å². The van der Waals surface area contributed by atoms with Gasteiger partial charge in [0.05, 0.1) is 18.6 Å². The van der Waals surface area contributed by atoms with Crippen molar-refractivity contribution in [2.75, 3.05) is 26.3 Å². The van der Waals surface area contributed by atoms with E-state index in [2.05, 4.69) is 18.2 Å². The van der Waals surface area contributed by atoms with Crippen molar-refractivity contribution in [2.24, 2.45) is 11.7 Å². The maximum absolute atomic E-state index is 12.6. The summed E-state index contributed by atoms with van der Waals surface area (Å²) in [5, 5.41) is 0. The van der Waals surface area contributed by atoms with Crippen molar-refractivity contribution in [3.05, 3.63) is 35.4 Å². The third-order valence-electron chi connectivity index (χ3n) is 4.20. The van der Waals surface area contributed by atoms with Crippen LogP contribution in [0.3, 0.4) is 0 Å². The van der Waals surface area contributed by atoms with Gasteiger partial charge in [-0.3, -0.25) is 4.79 Å². The highest BCUT2D eigenvalue weighted by molar-refractivity contribution is 5.80. The maximum atomic E-state index is 12.6. The van der Waals surface area contributed by atoms with Crippen LogP contribution in [0.2, 0.25) is 0 Å². The van der Waals surface area contributed by atoms with Crippen LogP contribution in [0.25, 0.3) is 0 Å². The van der Waals surface area contributed by atoms with E-state index in [4.69, 9.17) is 10.5 Å². The first-order valence-corrected chi connectivity index (χ1v) is 6.97. The van der Waals surface area contributed by atoms with Crippen molar-refractivity contribution in [3.8, 4) is 0 Å². The minimum Gasteiger partial charge on any atom is -0.381 e. The Labute approximate surface area is 113 Å². The summed E-state index contributed by atoms with van der Waals surface area (Å²) in [4.78, 5) is 14.5. The Kier molecular flexibility index (Phi) is 3.53. The summed E-state index contributed by atoms with van der Waals surface area (Å²) in [7, 11) is 0. The van der Waals surface area contributed by atoms with E-state index in [1.807, 2.05) is 11.0 Å². The van der Waals surface area contributed by atoms with Crippen LogP contribution in [0.5, 0.6) is 0 Å². The summed E-state index contributed by atoms with van der Waals surface area (Å²) < 4.78 is 5.33. The third kappa shape index (κ3) is 2.26. The zero-order valence-corrected chi connectivity index (χ0v) is 11.0. The molecule has 0 radical (unpaired) electrons. The van der Waals surface area contributed by atoms with Gasteiger partial charge in [0.1, 0.15) is 0 Å². The molecule has 1 fully saturated rings. The van der Waals surface area contributed by atoms with Crippen LogP contribution in [0.4, 0.5) is 0 Å². The summed E-state index contributed by atoms with van der Waals surface area (Å²) in [6.07, 6.45) is 1.76. The molecule has 1 aromatic rings. The summed E-state index contributed by atoms with van der Waals surface area (Å²) in [5.41, 5.74) is 8.46. The van der Waals surface area contributed by atoms with Gasteiger partial charge in [0.25, 0.3) is 0 Å². The van der Waals surface area contributed by atoms with Gasteiger partial charge in [-0.25, -0.2) is 0 Å². The monoisotopic (exact) mass is 260 g/mol. The van der Waals surface area contributed by atoms with Crippen molar-refractivity contribution in [3.63, 3.8) is 0 Å². The molecule has 3 rings (SSSR count). The van der Waals surface area contributed by atoms with E-state index in [9.17, 15) is 4.79 Å². The Morgan fingerprint density at radius 2 is 2.26 bits per heavy atom. The topological polar surface area (TPSA) is 55.6 Å². The molecular weight excluding hydrogens is 240 g/mol. The number of carbonyl (C=O) groups is 1. The van der Waals surface area contributed by atoms with Gasteiger partial charge in [-0.2, -0.15) is 0 Å². The van der Waals surface area contributed by atoms with Crippen molar-refractivity contribution < 1.29 is 9.53 Å². The molecule has 0 spiro atoms. The van der Waals surface area contributed by atoms with Crippen LogP contribution in [0.15, 0.2) is 24.3 Å². The van der Waals surface area contributed by atoms with Gasteiger partial charge >= 0.3 is 0 Å². The second-order valence-corrected chi connectivity index (χ2v) is 5.29. The molecule has 19 heavy (non-hydrogen) atoms. The number of benzene rings is 1. The number of rotatable bonds is 2. The molecule has 2 aliphatic rings. The quantitative estimate of drug-likeness (QED) is 0.866. The van der Waals surface area contributed by atoms with Crippen LogP contribution in [0.1, 0.15) is 23.6 Å². The van der Waals surface area contributed by atoms with Crippen LogP contribution in [-0.2, 0) is 16.0 Å². The third-order valence-corrected chi connectivity index (χ3v) is 4.20. The highest BCUT2D eigenvalue weighted by atomic mass is 16.5. The molecule has 0 bridgehead atoms. The van der Waals surface area contributed by atoms with Gasteiger partial charge in [-0.15, -0.1) is 0 Å². The predicted molar refractivity (Wildman–Crippen MR) is 72.6 cm³/mol. The van der Waals surface area contributed by atoms with Crippen LogP contribution >= 0.6 is 0 Å². The average Bonchev–Trinajstić information content (AvgIpc) is 2.99. The van der Waals surface area contributed by atoms with Gasteiger partial charge in [0, 0.05) is 19.7 Å².